The second kappa shape index (κ2) is 5.36. The summed E-state index contributed by atoms with van der Waals surface area (Å²) < 4.78 is 3.49. The summed E-state index contributed by atoms with van der Waals surface area (Å²) in [5, 5.41) is 15.5. The van der Waals surface area contributed by atoms with E-state index in [1.165, 1.54) is 0 Å². The van der Waals surface area contributed by atoms with Crippen LogP contribution in [0.15, 0.2) is 12.1 Å². The first-order valence-corrected chi connectivity index (χ1v) is 6.59. The van der Waals surface area contributed by atoms with Gasteiger partial charge >= 0.3 is 5.69 Å². The summed E-state index contributed by atoms with van der Waals surface area (Å²) >= 11 is 0. The molecule has 7 heteroatoms. The van der Waals surface area contributed by atoms with Gasteiger partial charge in [0.25, 0.3) is 0 Å². The summed E-state index contributed by atoms with van der Waals surface area (Å²) in [7, 11) is 0. The van der Waals surface area contributed by atoms with Crippen LogP contribution in [0.2, 0.25) is 0 Å². The Morgan fingerprint density at radius 3 is 2.40 bits per heavy atom. The molecule has 0 aliphatic rings. The minimum absolute atomic E-state index is 0.0333. The van der Waals surface area contributed by atoms with Crippen molar-refractivity contribution in [1.29, 1.82) is 0 Å². The number of rotatable bonds is 5. The average molecular weight is 277 g/mol. The highest BCUT2D eigenvalue weighted by Gasteiger charge is 2.25. The predicted molar refractivity (Wildman–Crippen MR) is 76.8 cm³/mol. The minimum Gasteiger partial charge on any atom is -0.272 e. The van der Waals surface area contributed by atoms with Crippen molar-refractivity contribution in [1.82, 2.24) is 14.5 Å². The van der Waals surface area contributed by atoms with Crippen LogP contribution in [0.3, 0.4) is 0 Å². The van der Waals surface area contributed by atoms with Crippen LogP contribution in [0.25, 0.3) is 0 Å². The highest BCUT2D eigenvalue weighted by atomic mass is 16.6. The first kappa shape index (κ1) is 14.1. The molecule has 0 unspecified atom stereocenters. The SMILES string of the molecule is CCCn1nc(C)c([N+](=O)[O-])c1Nn1c(C)ccc1C. The van der Waals surface area contributed by atoms with Crippen molar-refractivity contribution in [3.05, 3.63) is 39.3 Å². The number of aryl methyl sites for hydroxylation is 4. The zero-order valence-electron chi connectivity index (χ0n) is 12.2. The number of nitrogens with one attached hydrogen (secondary N) is 1. The molecule has 0 bridgehead atoms. The van der Waals surface area contributed by atoms with Gasteiger partial charge in [-0.05, 0) is 39.3 Å². The van der Waals surface area contributed by atoms with Gasteiger partial charge < -0.3 is 0 Å². The van der Waals surface area contributed by atoms with Crippen LogP contribution < -0.4 is 5.43 Å². The van der Waals surface area contributed by atoms with Gasteiger partial charge in [-0.1, -0.05) is 6.92 Å². The van der Waals surface area contributed by atoms with E-state index in [0.717, 1.165) is 17.8 Å². The van der Waals surface area contributed by atoms with E-state index >= 15 is 0 Å². The van der Waals surface area contributed by atoms with Crippen LogP contribution in [0.1, 0.15) is 30.4 Å². The maximum atomic E-state index is 11.3. The summed E-state index contributed by atoms with van der Waals surface area (Å²) in [6, 6.07) is 3.92. The van der Waals surface area contributed by atoms with Crippen molar-refractivity contribution in [2.24, 2.45) is 0 Å². The molecule has 7 nitrogen and oxygen atoms in total. The molecule has 0 aliphatic carbocycles. The topological polar surface area (TPSA) is 77.9 Å². The fourth-order valence-electron chi connectivity index (χ4n) is 2.23. The molecule has 2 rings (SSSR count). The molecule has 0 saturated carbocycles. The van der Waals surface area contributed by atoms with Crippen LogP contribution in [-0.2, 0) is 6.54 Å². The van der Waals surface area contributed by atoms with Crippen LogP contribution in [-0.4, -0.2) is 19.4 Å². The van der Waals surface area contributed by atoms with E-state index in [0.29, 0.717) is 18.1 Å². The van der Waals surface area contributed by atoms with E-state index < -0.39 is 0 Å². The molecule has 0 amide bonds. The van der Waals surface area contributed by atoms with Crippen LogP contribution in [0.5, 0.6) is 0 Å². The number of hydrogen-bond donors (Lipinski definition) is 1. The van der Waals surface area contributed by atoms with E-state index in [4.69, 9.17) is 0 Å². The lowest BCUT2D eigenvalue weighted by Gasteiger charge is -2.13. The van der Waals surface area contributed by atoms with Gasteiger partial charge in [0.05, 0.1) is 4.92 Å². The first-order chi connectivity index (χ1) is 9.45. The zero-order chi connectivity index (χ0) is 14.9. The van der Waals surface area contributed by atoms with Gasteiger partial charge in [-0.15, -0.1) is 0 Å². The molecule has 0 fully saturated rings. The molecule has 2 aromatic rings. The maximum Gasteiger partial charge on any atom is 0.335 e. The number of anilines is 1. The molecule has 2 heterocycles. The Bertz CT molecular complexity index is 622. The normalized spacial score (nSPS) is 10.8. The molecule has 0 atom stereocenters. The third-order valence-electron chi connectivity index (χ3n) is 3.20. The Kier molecular flexibility index (Phi) is 3.78. The lowest BCUT2D eigenvalue weighted by atomic mass is 10.4. The van der Waals surface area contributed by atoms with E-state index in [1.807, 2.05) is 37.6 Å². The van der Waals surface area contributed by atoms with Crippen molar-refractivity contribution in [2.75, 3.05) is 5.43 Å². The molecule has 0 saturated heterocycles. The Labute approximate surface area is 117 Å². The van der Waals surface area contributed by atoms with Gasteiger partial charge in [0.2, 0.25) is 5.82 Å². The molecule has 0 spiro atoms. The highest BCUT2D eigenvalue weighted by molar-refractivity contribution is 5.59. The van der Waals surface area contributed by atoms with Gasteiger partial charge in [-0.25, -0.2) is 4.68 Å². The van der Waals surface area contributed by atoms with E-state index in [9.17, 15) is 10.1 Å². The van der Waals surface area contributed by atoms with Crippen molar-refractivity contribution < 1.29 is 4.92 Å². The van der Waals surface area contributed by atoms with Crippen molar-refractivity contribution >= 4 is 11.5 Å². The molecule has 0 aromatic carbocycles. The lowest BCUT2D eigenvalue weighted by molar-refractivity contribution is -0.384. The highest BCUT2D eigenvalue weighted by Crippen LogP contribution is 2.29. The predicted octanol–water partition coefficient (Wildman–Crippen LogP) is 2.80. The molecular weight excluding hydrogens is 258 g/mol. The van der Waals surface area contributed by atoms with Gasteiger partial charge in [0.1, 0.15) is 5.69 Å². The molecule has 1 N–H and O–H groups in total. The second-order valence-corrected chi connectivity index (χ2v) is 4.83. The smallest absolute Gasteiger partial charge is 0.272 e. The number of hydrogen-bond acceptors (Lipinski definition) is 4. The van der Waals surface area contributed by atoms with Gasteiger partial charge in [-0.2, -0.15) is 5.10 Å². The Morgan fingerprint density at radius 1 is 1.30 bits per heavy atom. The zero-order valence-corrected chi connectivity index (χ0v) is 12.2. The monoisotopic (exact) mass is 277 g/mol. The second-order valence-electron chi connectivity index (χ2n) is 4.83. The number of nitrogens with zero attached hydrogens (tertiary/aromatic N) is 4. The number of nitro groups is 1. The van der Waals surface area contributed by atoms with Crippen molar-refractivity contribution in [3.8, 4) is 0 Å². The molecule has 108 valence electrons. The van der Waals surface area contributed by atoms with Crippen molar-refractivity contribution in [3.63, 3.8) is 0 Å². The summed E-state index contributed by atoms with van der Waals surface area (Å²) in [6.45, 7) is 8.19. The largest absolute Gasteiger partial charge is 0.335 e. The Morgan fingerprint density at radius 2 is 1.90 bits per heavy atom. The maximum absolute atomic E-state index is 11.3. The van der Waals surface area contributed by atoms with Crippen molar-refractivity contribution in [2.45, 2.75) is 40.7 Å². The third kappa shape index (κ3) is 2.38. The fraction of sp³-hybridized carbons (Fsp3) is 0.462. The quantitative estimate of drug-likeness (QED) is 0.673. The van der Waals surface area contributed by atoms with Crippen LogP contribution >= 0.6 is 0 Å². The Hall–Kier alpha value is -2.31. The lowest BCUT2D eigenvalue weighted by Crippen LogP contribution is -2.17. The van der Waals surface area contributed by atoms with Crippen LogP contribution in [0.4, 0.5) is 11.5 Å². The van der Waals surface area contributed by atoms with E-state index in [-0.39, 0.29) is 10.6 Å². The number of aromatic nitrogens is 3. The van der Waals surface area contributed by atoms with Gasteiger partial charge in [0, 0.05) is 17.9 Å². The molecule has 2 aromatic heterocycles. The third-order valence-corrected chi connectivity index (χ3v) is 3.20. The molecular formula is C13H19N5O2. The standard InChI is InChI=1S/C13H19N5O2/c1-5-8-16-13(12(18(19)20)11(4)14-16)15-17-9(2)6-7-10(17)3/h6-7,15H,5,8H2,1-4H3. The first-order valence-electron chi connectivity index (χ1n) is 6.59. The van der Waals surface area contributed by atoms with Crippen LogP contribution in [0, 0.1) is 30.9 Å². The average Bonchev–Trinajstić information content (AvgIpc) is 2.84. The molecule has 20 heavy (non-hydrogen) atoms. The van der Waals surface area contributed by atoms with Gasteiger partial charge in [0.15, 0.2) is 0 Å². The summed E-state index contributed by atoms with van der Waals surface area (Å²) in [6.07, 6.45) is 0.858. The van der Waals surface area contributed by atoms with Gasteiger partial charge in [-0.3, -0.25) is 20.2 Å². The molecule has 0 aliphatic heterocycles. The summed E-state index contributed by atoms with van der Waals surface area (Å²) in [4.78, 5) is 10.9. The molecule has 0 radical (unpaired) electrons. The van der Waals surface area contributed by atoms with E-state index in [2.05, 4.69) is 10.5 Å². The fourth-order valence-corrected chi connectivity index (χ4v) is 2.23. The van der Waals surface area contributed by atoms with E-state index in [1.54, 1.807) is 11.6 Å². The summed E-state index contributed by atoms with van der Waals surface area (Å²) in [5.41, 5.74) is 5.55. The Balaban J connectivity index is 2.51. The minimum atomic E-state index is -0.384. The summed E-state index contributed by atoms with van der Waals surface area (Å²) in [5.74, 6) is 0.428.